The number of phenols is 1. The molecule has 2 nitrogen and oxygen atoms in total. The van der Waals surface area contributed by atoms with Gasteiger partial charge < -0.3 is 5.11 Å². The fraction of sp³-hybridized carbons (Fsp3) is 0. The van der Waals surface area contributed by atoms with Crippen molar-refractivity contribution < 1.29 is 5.11 Å². The first-order valence-corrected chi connectivity index (χ1v) is 6.09. The van der Waals surface area contributed by atoms with Crippen LogP contribution < -0.4 is 0 Å². The SMILES string of the molecule is N#Cc1cc2ccc(O)c3ccc4cccc1c4c23. The zero-order valence-electron chi connectivity index (χ0n) is 10.0. The Hall–Kier alpha value is -2.79. The minimum Gasteiger partial charge on any atom is -0.507 e. The van der Waals surface area contributed by atoms with Crippen molar-refractivity contribution in [2.24, 2.45) is 0 Å². The van der Waals surface area contributed by atoms with Crippen LogP contribution in [-0.2, 0) is 0 Å². The van der Waals surface area contributed by atoms with Crippen molar-refractivity contribution in [3.8, 4) is 11.8 Å². The number of phenolic OH excluding ortho intramolecular Hbond substituents is 1. The second-order valence-corrected chi connectivity index (χ2v) is 4.74. The van der Waals surface area contributed by atoms with Crippen LogP contribution in [0.25, 0.3) is 32.3 Å². The molecule has 0 amide bonds. The molecule has 0 bridgehead atoms. The maximum absolute atomic E-state index is 10.0. The number of aromatic hydroxyl groups is 1. The van der Waals surface area contributed by atoms with Gasteiger partial charge >= 0.3 is 0 Å². The Morgan fingerprint density at radius 3 is 2.47 bits per heavy atom. The molecular weight excluding hydrogens is 234 g/mol. The molecule has 0 aliphatic rings. The van der Waals surface area contributed by atoms with Crippen LogP contribution in [0, 0.1) is 11.3 Å². The van der Waals surface area contributed by atoms with Gasteiger partial charge in [-0.15, -0.1) is 0 Å². The van der Waals surface area contributed by atoms with Crippen molar-refractivity contribution in [3.05, 3.63) is 54.1 Å². The molecule has 0 radical (unpaired) electrons. The van der Waals surface area contributed by atoms with Gasteiger partial charge in [0.05, 0.1) is 11.6 Å². The highest BCUT2D eigenvalue weighted by molar-refractivity contribution is 6.25. The molecule has 0 spiro atoms. The Kier molecular flexibility index (Phi) is 1.80. The van der Waals surface area contributed by atoms with Gasteiger partial charge in [0.15, 0.2) is 0 Å². The highest BCUT2D eigenvalue weighted by Crippen LogP contribution is 2.39. The first-order chi connectivity index (χ1) is 9.29. The van der Waals surface area contributed by atoms with Gasteiger partial charge in [-0.25, -0.2) is 0 Å². The molecule has 0 fully saturated rings. The molecule has 1 N–H and O–H groups in total. The summed E-state index contributed by atoms with van der Waals surface area (Å²) < 4.78 is 0. The van der Waals surface area contributed by atoms with Crippen LogP contribution in [0.1, 0.15) is 5.56 Å². The van der Waals surface area contributed by atoms with Crippen LogP contribution >= 0.6 is 0 Å². The summed E-state index contributed by atoms with van der Waals surface area (Å²) >= 11 is 0. The van der Waals surface area contributed by atoms with Gasteiger partial charge in [0.1, 0.15) is 5.75 Å². The van der Waals surface area contributed by atoms with Gasteiger partial charge in [0.2, 0.25) is 0 Å². The van der Waals surface area contributed by atoms with Crippen molar-refractivity contribution >= 4 is 32.3 Å². The Morgan fingerprint density at radius 1 is 0.842 bits per heavy atom. The van der Waals surface area contributed by atoms with Gasteiger partial charge in [0.25, 0.3) is 0 Å². The number of rotatable bonds is 0. The van der Waals surface area contributed by atoms with E-state index in [2.05, 4.69) is 6.07 Å². The molecule has 0 aliphatic heterocycles. The van der Waals surface area contributed by atoms with Crippen molar-refractivity contribution in [2.75, 3.05) is 0 Å². The third kappa shape index (κ3) is 1.19. The van der Waals surface area contributed by atoms with Gasteiger partial charge in [-0.1, -0.05) is 36.4 Å². The Bertz CT molecular complexity index is 979. The Labute approximate surface area is 109 Å². The predicted octanol–water partition coefficient (Wildman–Crippen LogP) is 4.16. The third-order valence-electron chi connectivity index (χ3n) is 3.74. The van der Waals surface area contributed by atoms with Crippen molar-refractivity contribution in [1.29, 1.82) is 5.26 Å². The second kappa shape index (κ2) is 3.37. The molecule has 0 unspecified atom stereocenters. The van der Waals surface area contributed by atoms with Crippen LogP contribution in [0.5, 0.6) is 5.75 Å². The summed E-state index contributed by atoms with van der Waals surface area (Å²) in [5, 5.41) is 25.3. The van der Waals surface area contributed by atoms with Crippen LogP contribution in [0.15, 0.2) is 48.5 Å². The number of nitriles is 1. The molecule has 4 aromatic rings. The molecule has 2 heteroatoms. The normalized spacial score (nSPS) is 11.3. The summed E-state index contributed by atoms with van der Waals surface area (Å²) in [7, 11) is 0. The third-order valence-corrected chi connectivity index (χ3v) is 3.74. The molecule has 0 saturated carbocycles. The van der Waals surface area contributed by atoms with E-state index in [1.165, 1.54) is 0 Å². The van der Waals surface area contributed by atoms with E-state index in [0.29, 0.717) is 5.56 Å². The smallest absolute Gasteiger partial charge is 0.123 e. The fourth-order valence-electron chi connectivity index (χ4n) is 2.90. The van der Waals surface area contributed by atoms with E-state index in [0.717, 1.165) is 32.3 Å². The first kappa shape index (κ1) is 10.2. The van der Waals surface area contributed by atoms with E-state index >= 15 is 0 Å². The molecule has 0 aromatic heterocycles. The summed E-state index contributed by atoms with van der Waals surface area (Å²) in [6.45, 7) is 0. The number of nitrogens with zero attached hydrogens (tertiary/aromatic N) is 1. The number of hydrogen-bond donors (Lipinski definition) is 1. The summed E-state index contributed by atoms with van der Waals surface area (Å²) in [6, 6.07) is 17.6. The van der Waals surface area contributed by atoms with Crippen molar-refractivity contribution in [2.45, 2.75) is 0 Å². The van der Waals surface area contributed by atoms with Crippen molar-refractivity contribution in [1.82, 2.24) is 0 Å². The molecule has 0 aliphatic carbocycles. The topological polar surface area (TPSA) is 44.0 Å². The predicted molar refractivity (Wildman–Crippen MR) is 76.5 cm³/mol. The molecule has 4 rings (SSSR count). The van der Waals surface area contributed by atoms with E-state index in [1.807, 2.05) is 42.5 Å². The monoisotopic (exact) mass is 243 g/mol. The summed E-state index contributed by atoms with van der Waals surface area (Å²) in [4.78, 5) is 0. The minimum absolute atomic E-state index is 0.282. The van der Waals surface area contributed by atoms with Gasteiger partial charge in [-0.05, 0) is 28.3 Å². The molecule has 88 valence electrons. The lowest BCUT2D eigenvalue weighted by molar-refractivity contribution is 0.482. The molecule has 0 saturated heterocycles. The van der Waals surface area contributed by atoms with Gasteiger partial charge in [-0.3, -0.25) is 0 Å². The second-order valence-electron chi connectivity index (χ2n) is 4.74. The molecule has 0 atom stereocenters. The number of benzene rings is 4. The van der Waals surface area contributed by atoms with E-state index in [1.54, 1.807) is 6.07 Å². The zero-order chi connectivity index (χ0) is 13.0. The van der Waals surface area contributed by atoms with E-state index in [4.69, 9.17) is 0 Å². The maximum atomic E-state index is 10.0. The van der Waals surface area contributed by atoms with Gasteiger partial charge in [0, 0.05) is 16.2 Å². The lowest BCUT2D eigenvalue weighted by Gasteiger charge is -2.12. The highest BCUT2D eigenvalue weighted by atomic mass is 16.3. The van der Waals surface area contributed by atoms with E-state index in [-0.39, 0.29) is 5.75 Å². The van der Waals surface area contributed by atoms with Crippen LogP contribution in [0.4, 0.5) is 0 Å². The minimum atomic E-state index is 0.282. The zero-order valence-corrected chi connectivity index (χ0v) is 10.0. The fourth-order valence-corrected chi connectivity index (χ4v) is 2.90. The summed E-state index contributed by atoms with van der Waals surface area (Å²) in [5.74, 6) is 0.282. The standard InChI is InChI=1S/C17H9NO/c18-9-12-8-11-5-7-15(19)14-6-4-10-2-1-3-13(12)16(10)17(11)14/h1-8,19H. The molecule has 4 aromatic carbocycles. The van der Waals surface area contributed by atoms with Crippen LogP contribution in [0.3, 0.4) is 0 Å². The summed E-state index contributed by atoms with van der Waals surface area (Å²) in [5.41, 5.74) is 0.677. The van der Waals surface area contributed by atoms with Crippen LogP contribution in [0.2, 0.25) is 0 Å². The molecule has 0 heterocycles. The Balaban J connectivity index is 2.47. The average molecular weight is 243 g/mol. The largest absolute Gasteiger partial charge is 0.507 e. The number of hydrogen-bond acceptors (Lipinski definition) is 2. The lowest BCUT2D eigenvalue weighted by Crippen LogP contribution is -1.87. The first-order valence-electron chi connectivity index (χ1n) is 6.09. The lowest BCUT2D eigenvalue weighted by atomic mass is 9.91. The van der Waals surface area contributed by atoms with Crippen molar-refractivity contribution in [3.63, 3.8) is 0 Å². The molecular formula is C17H9NO. The maximum Gasteiger partial charge on any atom is 0.123 e. The summed E-state index contributed by atoms with van der Waals surface area (Å²) in [6.07, 6.45) is 0. The van der Waals surface area contributed by atoms with Gasteiger partial charge in [-0.2, -0.15) is 5.26 Å². The van der Waals surface area contributed by atoms with Crippen LogP contribution in [-0.4, -0.2) is 5.11 Å². The quantitative estimate of drug-likeness (QED) is 0.471. The highest BCUT2D eigenvalue weighted by Gasteiger charge is 2.12. The molecule has 19 heavy (non-hydrogen) atoms. The van der Waals surface area contributed by atoms with E-state index < -0.39 is 0 Å². The average Bonchev–Trinajstić information content (AvgIpc) is 2.46. The Morgan fingerprint density at radius 2 is 1.63 bits per heavy atom. The van der Waals surface area contributed by atoms with E-state index in [9.17, 15) is 10.4 Å².